The van der Waals surface area contributed by atoms with Crippen LogP contribution in [0.5, 0.6) is 0 Å². The van der Waals surface area contributed by atoms with E-state index >= 15 is 0 Å². The molecule has 1 heterocycles. The average molecular weight is 349 g/mol. The summed E-state index contributed by atoms with van der Waals surface area (Å²) < 4.78 is 5.05. The zero-order chi connectivity index (χ0) is 17.7. The van der Waals surface area contributed by atoms with E-state index in [4.69, 9.17) is 16.3 Å². The fraction of sp³-hybridized carbons (Fsp3) is 0.353. The maximum absolute atomic E-state index is 11.0. The van der Waals surface area contributed by atoms with E-state index in [1.54, 1.807) is 0 Å². The molecule has 1 N–H and O–H groups in total. The van der Waals surface area contributed by atoms with E-state index in [2.05, 4.69) is 15.3 Å². The third-order valence-corrected chi connectivity index (χ3v) is 3.74. The summed E-state index contributed by atoms with van der Waals surface area (Å²) in [6, 6.07) is 8.04. The molecular weight excluding hydrogens is 328 g/mol. The van der Waals surface area contributed by atoms with Gasteiger partial charge in [-0.05, 0) is 17.7 Å². The number of halogens is 1. The molecule has 7 heteroatoms. The number of benzene rings is 1. The number of esters is 1. The van der Waals surface area contributed by atoms with Crippen LogP contribution in [0.3, 0.4) is 0 Å². The van der Waals surface area contributed by atoms with Crippen LogP contribution in [0.2, 0.25) is 5.15 Å². The van der Waals surface area contributed by atoms with Crippen molar-refractivity contribution in [3.63, 3.8) is 0 Å². The summed E-state index contributed by atoms with van der Waals surface area (Å²) in [5.41, 5.74) is 2.73. The standard InChI is InChI=1S/C17H21ClN4O2/c1-11(23)24-10-14-16(18)20-15(21-17(14)22(3)4)9-12-5-7-13(19-2)8-6-12/h5-8,19H,9-10H2,1-4H3. The minimum Gasteiger partial charge on any atom is -0.461 e. The zero-order valence-corrected chi connectivity index (χ0v) is 15.0. The number of hydrogen-bond donors (Lipinski definition) is 1. The third kappa shape index (κ3) is 4.58. The van der Waals surface area contributed by atoms with Crippen molar-refractivity contribution in [3.05, 3.63) is 46.4 Å². The minimum atomic E-state index is -0.371. The molecule has 0 aliphatic rings. The summed E-state index contributed by atoms with van der Waals surface area (Å²) in [4.78, 5) is 21.8. The lowest BCUT2D eigenvalue weighted by Crippen LogP contribution is -2.17. The summed E-state index contributed by atoms with van der Waals surface area (Å²) in [6.07, 6.45) is 0.568. The first-order valence-electron chi connectivity index (χ1n) is 7.53. The Balaban J connectivity index is 2.28. The molecule has 0 saturated heterocycles. The van der Waals surface area contributed by atoms with Crippen molar-refractivity contribution in [2.45, 2.75) is 20.0 Å². The van der Waals surface area contributed by atoms with Crippen molar-refractivity contribution in [2.24, 2.45) is 0 Å². The first-order chi connectivity index (χ1) is 11.4. The van der Waals surface area contributed by atoms with Gasteiger partial charge in [-0.15, -0.1) is 0 Å². The highest BCUT2D eigenvalue weighted by Crippen LogP contribution is 2.25. The van der Waals surface area contributed by atoms with Gasteiger partial charge in [0.1, 0.15) is 23.4 Å². The van der Waals surface area contributed by atoms with Crippen LogP contribution in [0, 0.1) is 0 Å². The summed E-state index contributed by atoms with van der Waals surface area (Å²) >= 11 is 6.30. The van der Waals surface area contributed by atoms with Gasteiger partial charge < -0.3 is 15.0 Å². The highest BCUT2D eigenvalue weighted by Gasteiger charge is 2.16. The normalized spacial score (nSPS) is 10.4. The summed E-state index contributed by atoms with van der Waals surface area (Å²) in [5, 5.41) is 3.38. The number of aromatic nitrogens is 2. The van der Waals surface area contributed by atoms with Gasteiger partial charge in [-0.3, -0.25) is 4.79 Å². The summed E-state index contributed by atoms with van der Waals surface area (Å²) in [5.74, 6) is 0.898. The molecule has 0 bridgehead atoms. The lowest BCUT2D eigenvalue weighted by Gasteiger charge is -2.18. The number of hydrogen-bond acceptors (Lipinski definition) is 6. The van der Waals surface area contributed by atoms with Gasteiger partial charge in [-0.25, -0.2) is 9.97 Å². The molecular formula is C17H21ClN4O2. The molecule has 24 heavy (non-hydrogen) atoms. The maximum atomic E-state index is 11.0. The predicted octanol–water partition coefficient (Wildman–Crippen LogP) is 2.89. The molecule has 2 rings (SSSR count). The number of anilines is 2. The Morgan fingerprint density at radius 3 is 2.46 bits per heavy atom. The maximum Gasteiger partial charge on any atom is 0.302 e. The van der Waals surface area contributed by atoms with E-state index in [0.717, 1.165) is 11.3 Å². The van der Waals surface area contributed by atoms with Gasteiger partial charge in [0.15, 0.2) is 0 Å². The van der Waals surface area contributed by atoms with Crippen LogP contribution in [0.1, 0.15) is 23.9 Å². The van der Waals surface area contributed by atoms with Crippen LogP contribution >= 0.6 is 11.6 Å². The SMILES string of the molecule is CNc1ccc(Cc2nc(Cl)c(COC(C)=O)c(N(C)C)n2)cc1. The topological polar surface area (TPSA) is 67.4 Å². The molecule has 0 spiro atoms. The van der Waals surface area contributed by atoms with Gasteiger partial charge in [-0.1, -0.05) is 23.7 Å². The first-order valence-corrected chi connectivity index (χ1v) is 7.91. The summed E-state index contributed by atoms with van der Waals surface area (Å²) in [6.45, 7) is 1.41. The first kappa shape index (κ1) is 18.0. The molecule has 0 unspecified atom stereocenters. The quantitative estimate of drug-likeness (QED) is 0.639. The summed E-state index contributed by atoms with van der Waals surface area (Å²) in [7, 11) is 5.60. The predicted molar refractivity (Wildman–Crippen MR) is 95.6 cm³/mol. The van der Waals surface area contributed by atoms with Gasteiger partial charge in [0.05, 0.1) is 5.56 Å². The second kappa shape index (κ2) is 7.97. The molecule has 0 amide bonds. The van der Waals surface area contributed by atoms with Gasteiger partial charge in [-0.2, -0.15) is 0 Å². The number of carbonyl (C=O) groups is 1. The molecule has 0 fully saturated rings. The Bertz CT molecular complexity index is 717. The Hall–Kier alpha value is -2.34. The van der Waals surface area contributed by atoms with Crippen LogP contribution in [-0.4, -0.2) is 37.1 Å². The lowest BCUT2D eigenvalue weighted by molar-refractivity contribution is -0.142. The third-order valence-electron chi connectivity index (χ3n) is 3.43. The lowest BCUT2D eigenvalue weighted by atomic mass is 10.1. The van der Waals surface area contributed by atoms with Crippen LogP contribution < -0.4 is 10.2 Å². The van der Waals surface area contributed by atoms with E-state index in [1.807, 2.05) is 50.3 Å². The van der Waals surface area contributed by atoms with E-state index in [9.17, 15) is 4.79 Å². The monoisotopic (exact) mass is 348 g/mol. The molecule has 0 radical (unpaired) electrons. The van der Waals surface area contributed by atoms with Gasteiger partial charge >= 0.3 is 5.97 Å². The number of nitrogens with zero attached hydrogens (tertiary/aromatic N) is 3. The zero-order valence-electron chi connectivity index (χ0n) is 14.3. The number of carbonyl (C=O) groups excluding carboxylic acids is 1. The highest BCUT2D eigenvalue weighted by atomic mass is 35.5. The van der Waals surface area contributed by atoms with Crippen LogP contribution in [0.4, 0.5) is 11.5 Å². The van der Waals surface area contributed by atoms with E-state index in [0.29, 0.717) is 28.8 Å². The van der Waals surface area contributed by atoms with Crippen molar-refractivity contribution < 1.29 is 9.53 Å². The van der Waals surface area contributed by atoms with Gasteiger partial charge in [0, 0.05) is 40.2 Å². The Morgan fingerprint density at radius 2 is 1.92 bits per heavy atom. The van der Waals surface area contributed by atoms with E-state index in [-0.39, 0.29) is 12.6 Å². The van der Waals surface area contributed by atoms with Crippen LogP contribution in [-0.2, 0) is 22.6 Å². The van der Waals surface area contributed by atoms with Crippen LogP contribution in [0.25, 0.3) is 0 Å². The molecule has 1 aromatic heterocycles. The van der Waals surface area contributed by atoms with Crippen molar-refractivity contribution >= 4 is 29.1 Å². The van der Waals surface area contributed by atoms with Gasteiger partial charge in [0.2, 0.25) is 0 Å². The highest BCUT2D eigenvalue weighted by molar-refractivity contribution is 6.30. The van der Waals surface area contributed by atoms with Gasteiger partial charge in [0.25, 0.3) is 0 Å². The molecule has 0 aliphatic heterocycles. The Labute approximate surface area is 146 Å². The van der Waals surface area contributed by atoms with Crippen molar-refractivity contribution in [1.82, 2.24) is 9.97 Å². The number of nitrogens with one attached hydrogen (secondary N) is 1. The minimum absolute atomic E-state index is 0.0544. The fourth-order valence-electron chi connectivity index (χ4n) is 2.21. The second-order valence-electron chi connectivity index (χ2n) is 5.53. The molecule has 6 nitrogen and oxygen atoms in total. The average Bonchev–Trinajstić information content (AvgIpc) is 2.54. The second-order valence-corrected chi connectivity index (χ2v) is 5.89. The van der Waals surface area contributed by atoms with E-state index in [1.165, 1.54) is 6.92 Å². The Kier molecular flexibility index (Phi) is 5.98. The van der Waals surface area contributed by atoms with Crippen molar-refractivity contribution in [1.29, 1.82) is 0 Å². The smallest absolute Gasteiger partial charge is 0.302 e. The number of rotatable bonds is 6. The molecule has 128 valence electrons. The van der Waals surface area contributed by atoms with Crippen molar-refractivity contribution in [2.75, 3.05) is 31.4 Å². The Morgan fingerprint density at radius 1 is 1.25 bits per heavy atom. The largest absolute Gasteiger partial charge is 0.461 e. The fourth-order valence-corrected chi connectivity index (χ4v) is 2.44. The number of ether oxygens (including phenoxy) is 1. The van der Waals surface area contributed by atoms with Crippen molar-refractivity contribution in [3.8, 4) is 0 Å². The van der Waals surface area contributed by atoms with Crippen LogP contribution in [0.15, 0.2) is 24.3 Å². The molecule has 0 atom stereocenters. The molecule has 1 aromatic carbocycles. The van der Waals surface area contributed by atoms with E-state index < -0.39 is 0 Å². The molecule has 0 aliphatic carbocycles. The molecule has 2 aromatic rings. The molecule has 0 saturated carbocycles.